The maximum atomic E-state index is 11.2. The highest BCUT2D eigenvalue weighted by molar-refractivity contribution is 14.1. The summed E-state index contributed by atoms with van der Waals surface area (Å²) in [6.07, 6.45) is -0.675. The molecule has 0 aliphatic carbocycles. The summed E-state index contributed by atoms with van der Waals surface area (Å²) in [6.45, 7) is 5.35. The molecule has 0 aliphatic rings. The summed E-state index contributed by atoms with van der Waals surface area (Å²) in [5.74, 6) is 0. The lowest BCUT2D eigenvalue weighted by Crippen LogP contribution is -2.21. The summed E-state index contributed by atoms with van der Waals surface area (Å²) in [4.78, 5) is 11.2. The van der Waals surface area contributed by atoms with Gasteiger partial charge in [-0.25, -0.2) is 4.79 Å². The number of azo groups is 1. The van der Waals surface area contributed by atoms with Crippen molar-refractivity contribution in [1.82, 2.24) is 0 Å². The highest BCUT2D eigenvalue weighted by Crippen LogP contribution is 2.15. The number of carbonyl (C=O) groups is 1. The summed E-state index contributed by atoms with van der Waals surface area (Å²) < 4.78 is 6.09. The first-order valence-corrected chi connectivity index (χ1v) is 5.85. The Morgan fingerprint density at radius 1 is 1.25 bits per heavy atom. The quantitative estimate of drug-likeness (QED) is 0.568. The van der Waals surface area contributed by atoms with Gasteiger partial charge in [0.25, 0.3) is 0 Å². The number of halogens is 1. The van der Waals surface area contributed by atoms with Crippen LogP contribution in [0.15, 0.2) is 34.5 Å². The number of nitrogens with zero attached hydrogens (tertiary/aromatic N) is 2. The first kappa shape index (κ1) is 13.1. The Hall–Kier alpha value is -0.980. The van der Waals surface area contributed by atoms with E-state index in [1.807, 2.05) is 12.1 Å². The van der Waals surface area contributed by atoms with Crippen LogP contribution in [0.25, 0.3) is 0 Å². The number of ether oxygens (including phenoxy) is 1. The fraction of sp³-hybridized carbons (Fsp3) is 0.364. The normalized spacial score (nSPS) is 11.8. The van der Waals surface area contributed by atoms with Gasteiger partial charge in [0.15, 0.2) is 0 Å². The number of amides is 1. The Kier molecular flexibility index (Phi) is 4.40. The van der Waals surface area contributed by atoms with E-state index in [2.05, 4.69) is 32.8 Å². The molecule has 0 N–H and O–H groups in total. The summed E-state index contributed by atoms with van der Waals surface area (Å²) >= 11 is 2.19. The molecule has 0 aliphatic heterocycles. The molecular formula is C11H13IN2O2. The molecule has 86 valence electrons. The molecule has 0 aromatic heterocycles. The number of carbonyl (C=O) groups excluding carboxylic acids is 1. The van der Waals surface area contributed by atoms with Crippen molar-refractivity contribution in [1.29, 1.82) is 0 Å². The van der Waals surface area contributed by atoms with Gasteiger partial charge in [0, 0.05) is 3.57 Å². The molecule has 0 bridgehead atoms. The lowest BCUT2D eigenvalue weighted by atomic mass is 10.2. The molecule has 0 fully saturated rings. The molecule has 0 unspecified atom stereocenters. The topological polar surface area (TPSA) is 51.0 Å². The van der Waals surface area contributed by atoms with E-state index in [9.17, 15) is 4.79 Å². The van der Waals surface area contributed by atoms with E-state index in [-0.39, 0.29) is 0 Å². The minimum Gasteiger partial charge on any atom is -0.441 e. The summed E-state index contributed by atoms with van der Waals surface area (Å²) in [5.41, 5.74) is 0.0913. The third kappa shape index (κ3) is 5.20. The van der Waals surface area contributed by atoms with Crippen LogP contribution in [0.2, 0.25) is 0 Å². The zero-order chi connectivity index (χ0) is 12.2. The maximum absolute atomic E-state index is 11.2. The van der Waals surface area contributed by atoms with E-state index >= 15 is 0 Å². The lowest BCUT2D eigenvalue weighted by Gasteiger charge is -2.16. The van der Waals surface area contributed by atoms with Crippen LogP contribution >= 0.6 is 22.6 Å². The molecule has 0 saturated carbocycles. The molecule has 5 heteroatoms. The molecule has 16 heavy (non-hydrogen) atoms. The molecule has 1 aromatic rings. The Morgan fingerprint density at radius 3 is 2.31 bits per heavy atom. The van der Waals surface area contributed by atoms with Crippen molar-refractivity contribution in [3.63, 3.8) is 0 Å². The van der Waals surface area contributed by atoms with E-state index in [1.165, 1.54) is 0 Å². The number of benzene rings is 1. The van der Waals surface area contributed by atoms with Crippen molar-refractivity contribution in [2.24, 2.45) is 10.2 Å². The molecule has 1 amide bonds. The fourth-order valence-corrected chi connectivity index (χ4v) is 1.25. The average Bonchev–Trinajstić information content (AvgIpc) is 2.14. The van der Waals surface area contributed by atoms with Crippen LogP contribution in [0.3, 0.4) is 0 Å². The summed E-state index contributed by atoms with van der Waals surface area (Å²) in [5, 5.41) is 7.25. The standard InChI is InChI=1S/C11H13IN2O2/c1-11(2,3)16-10(15)14-13-9-6-4-8(12)5-7-9/h4-7H,1-3H3. The second-order valence-electron chi connectivity index (χ2n) is 4.16. The van der Waals surface area contributed by atoms with Gasteiger partial charge >= 0.3 is 6.09 Å². The summed E-state index contributed by atoms with van der Waals surface area (Å²) in [7, 11) is 0. The summed E-state index contributed by atoms with van der Waals surface area (Å²) in [6, 6.07) is 7.36. The van der Waals surface area contributed by atoms with Gasteiger partial charge in [-0.1, -0.05) is 5.11 Å². The third-order valence-corrected chi connectivity index (χ3v) is 2.19. The predicted octanol–water partition coefficient (Wildman–Crippen LogP) is 4.31. The smallest absolute Gasteiger partial charge is 0.441 e. The largest absolute Gasteiger partial charge is 0.452 e. The van der Waals surface area contributed by atoms with Crippen LogP contribution in [0.4, 0.5) is 10.5 Å². The zero-order valence-corrected chi connectivity index (χ0v) is 11.6. The second kappa shape index (κ2) is 5.38. The van der Waals surface area contributed by atoms with Crippen LogP contribution in [-0.4, -0.2) is 11.7 Å². The highest BCUT2D eigenvalue weighted by Gasteiger charge is 2.15. The van der Waals surface area contributed by atoms with Crippen LogP contribution in [0.5, 0.6) is 0 Å². The van der Waals surface area contributed by atoms with E-state index < -0.39 is 11.7 Å². The van der Waals surface area contributed by atoms with Crippen molar-refractivity contribution in [2.45, 2.75) is 26.4 Å². The Morgan fingerprint density at radius 2 is 1.81 bits per heavy atom. The number of hydrogen-bond donors (Lipinski definition) is 0. The van der Waals surface area contributed by atoms with Crippen LogP contribution in [0.1, 0.15) is 20.8 Å². The third-order valence-electron chi connectivity index (χ3n) is 1.47. The van der Waals surface area contributed by atoms with Crippen LogP contribution < -0.4 is 0 Å². The van der Waals surface area contributed by atoms with Gasteiger partial charge in [-0.2, -0.15) is 0 Å². The van der Waals surface area contributed by atoms with Crippen LogP contribution in [0, 0.1) is 3.57 Å². The molecule has 0 saturated heterocycles. The monoisotopic (exact) mass is 332 g/mol. The van der Waals surface area contributed by atoms with E-state index in [0.29, 0.717) is 5.69 Å². The van der Waals surface area contributed by atoms with Gasteiger partial charge in [0.05, 0.1) is 5.69 Å². The molecule has 4 nitrogen and oxygen atoms in total. The molecule has 0 atom stereocenters. The Bertz CT molecular complexity index is 393. The van der Waals surface area contributed by atoms with E-state index in [4.69, 9.17) is 4.74 Å². The van der Waals surface area contributed by atoms with Crippen LogP contribution in [-0.2, 0) is 4.74 Å². The Balaban J connectivity index is 2.60. The Labute approximate surface area is 108 Å². The van der Waals surface area contributed by atoms with Gasteiger partial charge in [-0.05, 0) is 67.6 Å². The minimum atomic E-state index is -0.675. The lowest BCUT2D eigenvalue weighted by molar-refractivity contribution is 0.0592. The van der Waals surface area contributed by atoms with E-state index in [1.54, 1.807) is 32.9 Å². The molecule has 0 radical (unpaired) electrons. The van der Waals surface area contributed by atoms with Gasteiger partial charge in [-0.3, -0.25) is 0 Å². The first-order chi connectivity index (χ1) is 7.37. The molecule has 1 rings (SSSR count). The number of hydrogen-bond acceptors (Lipinski definition) is 3. The average molecular weight is 332 g/mol. The van der Waals surface area contributed by atoms with Crippen molar-refractivity contribution >= 4 is 34.4 Å². The van der Waals surface area contributed by atoms with Gasteiger partial charge in [0.2, 0.25) is 0 Å². The van der Waals surface area contributed by atoms with Crippen molar-refractivity contribution in [2.75, 3.05) is 0 Å². The van der Waals surface area contributed by atoms with E-state index in [0.717, 1.165) is 3.57 Å². The zero-order valence-electron chi connectivity index (χ0n) is 9.40. The molecule has 0 spiro atoms. The van der Waals surface area contributed by atoms with Crippen molar-refractivity contribution in [3.8, 4) is 0 Å². The second-order valence-corrected chi connectivity index (χ2v) is 5.40. The fourth-order valence-electron chi connectivity index (χ4n) is 0.889. The minimum absolute atomic E-state index is 0.540. The predicted molar refractivity (Wildman–Crippen MR) is 69.9 cm³/mol. The highest BCUT2D eigenvalue weighted by atomic mass is 127. The van der Waals surface area contributed by atoms with Crippen molar-refractivity contribution in [3.05, 3.63) is 27.8 Å². The molecule has 0 heterocycles. The molecule has 1 aromatic carbocycles. The SMILES string of the molecule is CC(C)(C)OC(=O)N=Nc1ccc(I)cc1. The maximum Gasteiger partial charge on any atom is 0.452 e. The van der Waals surface area contributed by atoms with Gasteiger partial charge in [-0.15, -0.1) is 5.11 Å². The number of rotatable bonds is 1. The van der Waals surface area contributed by atoms with Gasteiger partial charge in [0.1, 0.15) is 5.60 Å². The van der Waals surface area contributed by atoms with Gasteiger partial charge < -0.3 is 4.74 Å². The molecular weight excluding hydrogens is 319 g/mol. The van der Waals surface area contributed by atoms with Crippen molar-refractivity contribution < 1.29 is 9.53 Å². The first-order valence-electron chi connectivity index (χ1n) is 4.77.